The highest BCUT2D eigenvalue weighted by atomic mass is 79.9. The van der Waals surface area contributed by atoms with Gasteiger partial charge in [0.05, 0.1) is 74.3 Å². The van der Waals surface area contributed by atoms with Crippen molar-refractivity contribution in [2.45, 2.75) is 73.4 Å². The number of nitrogens with one attached hydrogen (secondary N) is 5. The topological polar surface area (TPSA) is 190 Å². The van der Waals surface area contributed by atoms with E-state index < -0.39 is 40.3 Å². The molecule has 5 N–H and O–H groups in total. The molecular formula is C48H47BrClF6N15O2. The molecule has 2 aromatic carbocycles. The molecule has 25 heteroatoms. The second kappa shape index (κ2) is 20.8. The van der Waals surface area contributed by atoms with Crippen molar-refractivity contribution in [3.63, 3.8) is 0 Å². The first-order valence-electron chi connectivity index (χ1n) is 22.5. The van der Waals surface area contributed by atoms with Crippen molar-refractivity contribution in [2.75, 3.05) is 22.2 Å². The number of hydrogen-bond donors (Lipinski definition) is 5. The number of carbonyl (C=O) groups excluding carboxylic acids is 2. The van der Waals surface area contributed by atoms with Crippen LogP contribution in [0.15, 0.2) is 78.1 Å². The van der Waals surface area contributed by atoms with Gasteiger partial charge in [-0.1, -0.05) is 46.6 Å². The second-order valence-electron chi connectivity index (χ2n) is 17.7. The largest absolute Gasteiger partial charge is 0.417 e. The maximum absolute atomic E-state index is 14.2. The van der Waals surface area contributed by atoms with Crippen LogP contribution in [-0.4, -0.2) is 62.9 Å². The lowest BCUT2D eigenvalue weighted by molar-refractivity contribution is -0.138. The van der Waals surface area contributed by atoms with Crippen LogP contribution in [-0.2, 0) is 38.9 Å². The average molecular weight is 1100 g/mol. The van der Waals surface area contributed by atoms with Crippen LogP contribution < -0.4 is 31.9 Å². The maximum Gasteiger partial charge on any atom is 0.417 e. The number of amides is 2. The van der Waals surface area contributed by atoms with Crippen LogP contribution in [0.4, 0.5) is 43.4 Å². The van der Waals surface area contributed by atoms with E-state index in [2.05, 4.69) is 73.3 Å². The van der Waals surface area contributed by atoms with Gasteiger partial charge in [0.15, 0.2) is 0 Å². The standard InChI is InChI=1S/C48H47BrClF6N15O2/c1-24(2)16-57-17-29-10-32(14-37(44(29)50)48(54,55)56)62-46(73)31-12-43(71-23-40(64-67-71)34-20-60-68(7)27(34)5)39(59-19-31)8-9-69-28(6)35(21-61-69)41-22-70(66-65-41)42-11-30(18-58-26(42)4)45(72)63-33-13-36(47(51,52)53)25(3)38(49)15-33/h10-15,18-24,57,65-66H,8-9,16-17H2,1-7H3,(H,62,73)(H,63,72). The third-order valence-electron chi connectivity index (χ3n) is 12.1. The van der Waals surface area contributed by atoms with Gasteiger partial charge in [0, 0.05) is 83.5 Å². The molecule has 7 aromatic rings. The number of hydrogen-bond acceptors (Lipinski definition) is 12. The Morgan fingerprint density at radius 3 is 2.11 bits per heavy atom. The van der Waals surface area contributed by atoms with Gasteiger partial charge in [-0.25, -0.2) is 4.68 Å². The van der Waals surface area contributed by atoms with Gasteiger partial charge in [0.25, 0.3) is 11.8 Å². The molecule has 0 radical (unpaired) electrons. The predicted octanol–water partition coefficient (Wildman–Crippen LogP) is 9.66. The van der Waals surface area contributed by atoms with Gasteiger partial charge in [-0.05, 0) is 87.7 Å². The molecule has 0 bridgehead atoms. The SMILES string of the molecule is Cc1ncc(C(=O)Nc2cc(Br)c(C)c(C(F)(F)F)c2)cc1N1C=C(c2cnn(CCc3ncc(C(=O)Nc4cc(CNCC(C)C)c(Cl)c(C(F)(F)F)c4)cc3-n3cc(-c4cnn(C)c4C)nn3)c2C)NN1. The highest BCUT2D eigenvalue weighted by Crippen LogP contribution is 2.40. The minimum atomic E-state index is -4.79. The average Bonchev–Trinajstić information content (AvgIpc) is 4.15. The molecule has 2 amide bonds. The second-order valence-corrected chi connectivity index (χ2v) is 18.9. The van der Waals surface area contributed by atoms with Crippen molar-refractivity contribution in [1.82, 2.24) is 60.8 Å². The third kappa shape index (κ3) is 11.4. The van der Waals surface area contributed by atoms with E-state index >= 15 is 0 Å². The van der Waals surface area contributed by atoms with Crippen LogP contribution in [0.5, 0.6) is 0 Å². The number of aromatic nitrogens is 9. The van der Waals surface area contributed by atoms with E-state index in [0.29, 0.717) is 52.8 Å². The highest BCUT2D eigenvalue weighted by Gasteiger charge is 2.36. The molecule has 8 rings (SSSR count). The lowest BCUT2D eigenvalue weighted by Crippen LogP contribution is -2.36. The van der Waals surface area contributed by atoms with Crippen LogP contribution in [0.2, 0.25) is 5.02 Å². The molecule has 5 aromatic heterocycles. The lowest BCUT2D eigenvalue weighted by Gasteiger charge is -2.18. The zero-order valence-corrected chi connectivity index (χ0v) is 42.5. The molecule has 0 unspecified atom stereocenters. The molecule has 17 nitrogen and oxygen atoms in total. The molecule has 0 saturated carbocycles. The zero-order chi connectivity index (χ0) is 52.7. The van der Waals surface area contributed by atoms with E-state index in [1.165, 1.54) is 42.2 Å². The van der Waals surface area contributed by atoms with Crippen molar-refractivity contribution in [3.05, 3.63) is 145 Å². The Labute approximate surface area is 427 Å². The Bertz CT molecular complexity index is 3290. The Morgan fingerprint density at radius 1 is 0.808 bits per heavy atom. The minimum Gasteiger partial charge on any atom is -0.322 e. The summed E-state index contributed by atoms with van der Waals surface area (Å²) in [5.74, 6) is -1.17. The van der Waals surface area contributed by atoms with Crippen molar-refractivity contribution >= 4 is 62.1 Å². The van der Waals surface area contributed by atoms with Crippen molar-refractivity contribution in [3.8, 4) is 16.9 Å². The summed E-state index contributed by atoms with van der Waals surface area (Å²) in [6.45, 7) is 11.6. The van der Waals surface area contributed by atoms with Crippen LogP contribution in [0.25, 0.3) is 22.6 Å². The number of nitrogens with zero attached hydrogens (tertiary/aromatic N) is 10. The van der Waals surface area contributed by atoms with E-state index in [1.54, 1.807) is 59.2 Å². The number of rotatable bonds is 15. The number of benzene rings is 2. The van der Waals surface area contributed by atoms with Crippen molar-refractivity contribution in [1.29, 1.82) is 0 Å². The molecule has 73 heavy (non-hydrogen) atoms. The molecule has 1 aliphatic rings. The highest BCUT2D eigenvalue weighted by molar-refractivity contribution is 9.10. The summed E-state index contributed by atoms with van der Waals surface area (Å²) in [7, 11) is 1.79. The van der Waals surface area contributed by atoms with E-state index in [4.69, 9.17) is 11.6 Å². The van der Waals surface area contributed by atoms with E-state index in [1.807, 2.05) is 27.7 Å². The molecule has 0 saturated heterocycles. The van der Waals surface area contributed by atoms with Crippen LogP contribution in [0.3, 0.4) is 0 Å². The summed E-state index contributed by atoms with van der Waals surface area (Å²) in [5.41, 5.74) is 10.3. The predicted molar refractivity (Wildman–Crippen MR) is 265 cm³/mol. The van der Waals surface area contributed by atoms with Gasteiger partial charge >= 0.3 is 12.4 Å². The molecule has 0 spiro atoms. The number of aryl methyl sites for hydroxylation is 4. The normalized spacial score (nSPS) is 12.9. The molecular weight excluding hydrogens is 1050 g/mol. The van der Waals surface area contributed by atoms with Gasteiger partial charge < -0.3 is 21.4 Å². The number of alkyl halides is 6. The first kappa shape index (κ1) is 52.2. The summed E-state index contributed by atoms with van der Waals surface area (Å²) in [4.78, 5) is 36.3. The summed E-state index contributed by atoms with van der Waals surface area (Å²) in [5, 5.41) is 27.1. The van der Waals surface area contributed by atoms with Gasteiger partial charge in [0.2, 0.25) is 0 Å². The molecule has 6 heterocycles. The Hall–Kier alpha value is -7.15. The first-order valence-corrected chi connectivity index (χ1v) is 23.7. The van der Waals surface area contributed by atoms with Gasteiger partial charge in [-0.15, -0.1) is 10.6 Å². The Balaban J connectivity index is 1.03. The Kier molecular flexibility index (Phi) is 14.8. The summed E-state index contributed by atoms with van der Waals surface area (Å²) >= 11 is 9.40. The summed E-state index contributed by atoms with van der Waals surface area (Å²) in [6, 6.07) is 7.57. The Morgan fingerprint density at radius 2 is 1.45 bits per heavy atom. The fourth-order valence-electron chi connectivity index (χ4n) is 7.91. The quantitative estimate of drug-likeness (QED) is 0.0613. The molecule has 0 aliphatic carbocycles. The van der Waals surface area contributed by atoms with E-state index in [0.717, 1.165) is 29.1 Å². The summed E-state index contributed by atoms with van der Waals surface area (Å²) in [6.07, 6.45) is 0.239. The minimum absolute atomic E-state index is 0.00971. The first-order chi connectivity index (χ1) is 34.5. The fraction of sp³-hybridized carbons (Fsp3) is 0.292. The monoisotopic (exact) mass is 1090 g/mol. The van der Waals surface area contributed by atoms with Gasteiger partial charge in [-0.3, -0.25) is 33.9 Å². The summed E-state index contributed by atoms with van der Waals surface area (Å²) < 4.78 is 88.8. The van der Waals surface area contributed by atoms with Gasteiger partial charge in [-0.2, -0.15) is 36.5 Å². The number of hydrazine groups is 2. The van der Waals surface area contributed by atoms with Crippen LogP contribution in [0.1, 0.15) is 85.2 Å². The van der Waals surface area contributed by atoms with Gasteiger partial charge in [0.1, 0.15) is 5.69 Å². The number of carbonyl (C=O) groups is 2. The van der Waals surface area contributed by atoms with Crippen LogP contribution >= 0.6 is 27.5 Å². The molecule has 382 valence electrons. The van der Waals surface area contributed by atoms with E-state index in [9.17, 15) is 35.9 Å². The lowest BCUT2D eigenvalue weighted by atomic mass is 10.1. The maximum atomic E-state index is 14.2. The smallest absolute Gasteiger partial charge is 0.322 e. The number of pyridine rings is 2. The van der Waals surface area contributed by atoms with Crippen molar-refractivity contribution < 1.29 is 35.9 Å². The number of anilines is 3. The molecule has 1 aliphatic heterocycles. The fourth-order valence-corrected chi connectivity index (χ4v) is 8.65. The van der Waals surface area contributed by atoms with Crippen molar-refractivity contribution in [2.24, 2.45) is 13.0 Å². The molecule has 0 fully saturated rings. The molecule has 0 atom stereocenters. The third-order valence-corrected chi connectivity index (χ3v) is 13.3. The number of halogens is 8. The zero-order valence-electron chi connectivity index (χ0n) is 40.1. The van der Waals surface area contributed by atoms with Crippen LogP contribution in [0, 0.1) is 33.6 Å². The van der Waals surface area contributed by atoms with E-state index in [-0.39, 0.29) is 57.0 Å².